The fraction of sp³-hybridized carbons (Fsp3) is 0.535. The average Bonchev–Trinajstić information content (AvgIpc) is 3.94. The molecule has 280 valence electrons. The highest BCUT2D eigenvalue weighted by molar-refractivity contribution is 5.80. The standard InChI is InChI=1S/C43H54N6O4/c1-24-17-34(48(22-24)40(50)52-42(3,4)5)38-44-20-32(46-38)27-11-9-26(10-12-27)30-15-16-31(37-29-14-13-28(19-29)36(30)37)33-21-45-39(47-33)35-18-25(2)23-49(35)41(51)53-43(6,7)8/h9-12,15-16,20-21,24-25,28-29,34-35H,13-14,17-19,22-23H2,1-8H3,(H,44,46)(H,45,47)/t24-,25?,28?,29?,34-,35?/m0/s1. The van der Waals surface area contributed by atoms with Crippen LogP contribution in [0, 0.1) is 11.8 Å². The van der Waals surface area contributed by atoms with Gasteiger partial charge in [-0.1, -0.05) is 50.2 Å². The first-order chi connectivity index (χ1) is 25.1. The van der Waals surface area contributed by atoms with E-state index < -0.39 is 11.2 Å². The van der Waals surface area contributed by atoms with Crippen molar-refractivity contribution in [1.29, 1.82) is 0 Å². The second-order valence-electron chi connectivity index (χ2n) is 18.1. The zero-order chi connectivity index (χ0) is 37.4. The Kier molecular flexibility index (Phi) is 8.73. The normalized spacial score (nSPS) is 25.3. The number of carbonyl (C=O) groups is 2. The summed E-state index contributed by atoms with van der Waals surface area (Å²) in [6.45, 7) is 17.1. The SMILES string of the molecule is CC1CC(c2ncc(-c3ccc(-c4ccc(-c5cnc([C@@H]6C[C@H](C)CN6C(=O)OC(C)(C)C)[nH]5)cc4)c4c3C3CCC4C3)[nH]2)N(C(=O)OC(C)(C)C)C1. The third-order valence-electron chi connectivity index (χ3n) is 11.4. The molecule has 4 aliphatic rings. The van der Waals surface area contributed by atoms with Gasteiger partial charge in [0.1, 0.15) is 22.9 Å². The Morgan fingerprint density at radius 2 is 1.09 bits per heavy atom. The summed E-state index contributed by atoms with van der Waals surface area (Å²) in [6, 6.07) is 13.1. The van der Waals surface area contributed by atoms with Crippen molar-refractivity contribution in [2.24, 2.45) is 11.8 Å². The molecule has 3 fully saturated rings. The van der Waals surface area contributed by atoms with Crippen molar-refractivity contribution in [2.45, 2.75) is 123 Å². The van der Waals surface area contributed by atoms with Gasteiger partial charge in [0.2, 0.25) is 0 Å². The Labute approximate surface area is 313 Å². The molecular formula is C43H54N6O4. The topological polar surface area (TPSA) is 116 Å². The predicted octanol–water partition coefficient (Wildman–Crippen LogP) is 10.1. The van der Waals surface area contributed by atoms with Crippen LogP contribution in [0.25, 0.3) is 33.6 Å². The Morgan fingerprint density at radius 1 is 0.642 bits per heavy atom. The number of H-pyrrole nitrogens is 2. The number of fused-ring (bicyclic) bond motifs is 5. The van der Waals surface area contributed by atoms with Crippen molar-refractivity contribution in [3.63, 3.8) is 0 Å². The van der Waals surface area contributed by atoms with Gasteiger partial charge in [-0.15, -0.1) is 0 Å². The number of carbonyl (C=O) groups excluding carboxylic acids is 2. The van der Waals surface area contributed by atoms with Crippen LogP contribution in [0.3, 0.4) is 0 Å². The van der Waals surface area contributed by atoms with E-state index in [1.54, 1.807) is 0 Å². The molecule has 0 radical (unpaired) electrons. The molecule has 53 heavy (non-hydrogen) atoms. The minimum absolute atomic E-state index is 0.132. The maximum atomic E-state index is 13.2. The van der Waals surface area contributed by atoms with Gasteiger partial charge in [-0.3, -0.25) is 9.80 Å². The number of aromatic nitrogens is 4. The van der Waals surface area contributed by atoms with Gasteiger partial charge >= 0.3 is 12.2 Å². The Hall–Kier alpha value is -4.60. The van der Waals surface area contributed by atoms with Gasteiger partial charge in [0.05, 0.1) is 35.9 Å². The molecule has 2 aromatic carbocycles. The second kappa shape index (κ2) is 13.1. The van der Waals surface area contributed by atoms with Gasteiger partial charge in [0.15, 0.2) is 0 Å². The van der Waals surface area contributed by atoms with Crippen LogP contribution in [0.5, 0.6) is 0 Å². The number of benzene rings is 2. The monoisotopic (exact) mass is 718 g/mol. The number of nitrogens with one attached hydrogen (secondary N) is 2. The molecule has 2 aliphatic heterocycles. The third-order valence-corrected chi connectivity index (χ3v) is 11.4. The summed E-state index contributed by atoms with van der Waals surface area (Å²) in [7, 11) is 0. The average molecular weight is 719 g/mol. The maximum Gasteiger partial charge on any atom is 0.410 e. The molecule has 8 rings (SSSR count). The van der Waals surface area contributed by atoms with E-state index in [2.05, 4.69) is 60.2 Å². The molecule has 4 heterocycles. The lowest BCUT2D eigenvalue weighted by Crippen LogP contribution is -2.37. The van der Waals surface area contributed by atoms with E-state index in [-0.39, 0.29) is 24.3 Å². The fourth-order valence-electron chi connectivity index (χ4n) is 9.29. The molecule has 2 bridgehead atoms. The lowest BCUT2D eigenvalue weighted by molar-refractivity contribution is 0.0204. The molecule has 4 unspecified atom stereocenters. The molecule has 4 aromatic rings. The third kappa shape index (κ3) is 6.85. The number of likely N-dealkylation sites (tertiary alicyclic amines) is 2. The first kappa shape index (κ1) is 35.4. The highest BCUT2D eigenvalue weighted by atomic mass is 16.6. The molecule has 10 heteroatoms. The van der Waals surface area contributed by atoms with Gasteiger partial charge in [-0.05, 0) is 125 Å². The fourth-order valence-corrected chi connectivity index (χ4v) is 9.29. The molecule has 2 aliphatic carbocycles. The maximum absolute atomic E-state index is 13.2. The van der Waals surface area contributed by atoms with Crippen molar-refractivity contribution in [3.05, 3.63) is 71.6 Å². The molecule has 6 atom stereocenters. The van der Waals surface area contributed by atoms with Crippen LogP contribution < -0.4 is 0 Å². The minimum Gasteiger partial charge on any atom is -0.444 e. The number of rotatable bonds is 5. The highest BCUT2D eigenvalue weighted by Gasteiger charge is 2.42. The molecule has 10 nitrogen and oxygen atoms in total. The van der Waals surface area contributed by atoms with E-state index in [4.69, 9.17) is 19.4 Å². The van der Waals surface area contributed by atoms with E-state index in [0.29, 0.717) is 36.8 Å². The quantitative estimate of drug-likeness (QED) is 0.212. The van der Waals surface area contributed by atoms with Crippen molar-refractivity contribution in [3.8, 4) is 33.6 Å². The molecule has 0 spiro atoms. The highest BCUT2D eigenvalue weighted by Crippen LogP contribution is 2.58. The number of aromatic amines is 2. The summed E-state index contributed by atoms with van der Waals surface area (Å²) < 4.78 is 11.5. The van der Waals surface area contributed by atoms with E-state index in [1.165, 1.54) is 47.1 Å². The first-order valence-corrected chi connectivity index (χ1v) is 19.5. The van der Waals surface area contributed by atoms with Crippen molar-refractivity contribution in [1.82, 2.24) is 29.7 Å². The summed E-state index contributed by atoms with van der Waals surface area (Å²) in [4.78, 5) is 46.7. The molecule has 2 N–H and O–H groups in total. The number of imidazole rings is 2. The molecule has 2 aromatic heterocycles. The number of ether oxygens (including phenoxy) is 2. The van der Waals surface area contributed by atoms with Crippen molar-refractivity contribution < 1.29 is 19.1 Å². The molecule has 2 saturated heterocycles. The van der Waals surface area contributed by atoms with Crippen LogP contribution in [0.2, 0.25) is 0 Å². The number of nitrogens with zero attached hydrogens (tertiary/aromatic N) is 4. The van der Waals surface area contributed by atoms with Gasteiger partial charge in [-0.2, -0.15) is 0 Å². The minimum atomic E-state index is -0.548. The Bertz CT molecular complexity index is 2020. The zero-order valence-electron chi connectivity index (χ0n) is 32.5. The summed E-state index contributed by atoms with van der Waals surface area (Å²) in [6.07, 6.45) is 8.61. The lowest BCUT2D eigenvalue weighted by Gasteiger charge is -2.27. The zero-order valence-corrected chi connectivity index (χ0v) is 32.5. The van der Waals surface area contributed by atoms with Crippen molar-refractivity contribution >= 4 is 12.2 Å². The summed E-state index contributed by atoms with van der Waals surface area (Å²) in [5.41, 5.74) is 8.61. The Morgan fingerprint density at radius 3 is 1.62 bits per heavy atom. The summed E-state index contributed by atoms with van der Waals surface area (Å²) >= 11 is 0. The number of hydrogen-bond acceptors (Lipinski definition) is 6. The van der Waals surface area contributed by atoms with Crippen LogP contribution in [0.4, 0.5) is 9.59 Å². The van der Waals surface area contributed by atoms with E-state index in [1.807, 2.05) is 63.7 Å². The molecule has 1 saturated carbocycles. The van der Waals surface area contributed by atoms with E-state index in [0.717, 1.165) is 41.4 Å². The van der Waals surface area contributed by atoms with E-state index >= 15 is 0 Å². The van der Waals surface area contributed by atoms with Crippen LogP contribution in [-0.4, -0.2) is 66.2 Å². The van der Waals surface area contributed by atoms with Crippen LogP contribution in [0.15, 0.2) is 48.8 Å². The van der Waals surface area contributed by atoms with E-state index in [9.17, 15) is 9.59 Å². The Balaban J connectivity index is 1.04. The number of hydrogen-bond donors (Lipinski definition) is 2. The molecular weight excluding hydrogens is 665 g/mol. The summed E-state index contributed by atoms with van der Waals surface area (Å²) in [5.74, 6) is 3.46. The first-order valence-electron chi connectivity index (χ1n) is 19.5. The van der Waals surface area contributed by atoms with Crippen LogP contribution in [0.1, 0.15) is 134 Å². The van der Waals surface area contributed by atoms with Gasteiger partial charge < -0.3 is 19.4 Å². The number of amides is 2. The predicted molar refractivity (Wildman–Crippen MR) is 205 cm³/mol. The van der Waals surface area contributed by atoms with Crippen LogP contribution >= 0.6 is 0 Å². The lowest BCUT2D eigenvalue weighted by atomic mass is 9.82. The smallest absolute Gasteiger partial charge is 0.410 e. The van der Waals surface area contributed by atoms with Crippen LogP contribution in [-0.2, 0) is 9.47 Å². The van der Waals surface area contributed by atoms with Gasteiger partial charge in [0.25, 0.3) is 0 Å². The van der Waals surface area contributed by atoms with Crippen molar-refractivity contribution in [2.75, 3.05) is 13.1 Å². The summed E-state index contributed by atoms with van der Waals surface area (Å²) in [5, 5.41) is 0. The largest absolute Gasteiger partial charge is 0.444 e. The van der Waals surface area contributed by atoms with Gasteiger partial charge in [0, 0.05) is 18.7 Å². The second-order valence-corrected chi connectivity index (χ2v) is 18.1. The van der Waals surface area contributed by atoms with Gasteiger partial charge in [-0.25, -0.2) is 19.6 Å². The molecule has 2 amide bonds.